The quantitative estimate of drug-likeness (QED) is 0.896. The molecule has 0 aliphatic carbocycles. The van der Waals surface area contributed by atoms with Crippen LogP contribution in [0.3, 0.4) is 0 Å². The van der Waals surface area contributed by atoms with Crippen molar-refractivity contribution in [3.05, 3.63) is 22.7 Å². The summed E-state index contributed by atoms with van der Waals surface area (Å²) < 4.78 is 11.9. The van der Waals surface area contributed by atoms with E-state index >= 15 is 0 Å². The van der Waals surface area contributed by atoms with Gasteiger partial charge in [0.05, 0.1) is 7.11 Å². The second kappa shape index (κ2) is 4.19. The molecule has 1 saturated heterocycles. The van der Waals surface area contributed by atoms with E-state index in [1.54, 1.807) is 7.11 Å². The van der Waals surface area contributed by atoms with Gasteiger partial charge in [0.1, 0.15) is 6.10 Å². The molecule has 76 valence electrons. The molecular weight excluding hydrogens is 246 g/mol. The molecule has 14 heavy (non-hydrogen) atoms. The Kier molecular flexibility index (Phi) is 2.93. The Morgan fingerprint density at radius 3 is 2.71 bits per heavy atom. The van der Waals surface area contributed by atoms with E-state index in [0.29, 0.717) is 0 Å². The van der Waals surface area contributed by atoms with Gasteiger partial charge >= 0.3 is 0 Å². The van der Waals surface area contributed by atoms with Gasteiger partial charge in [-0.2, -0.15) is 0 Å². The molecule has 0 saturated carbocycles. The van der Waals surface area contributed by atoms with Gasteiger partial charge in [-0.05, 0) is 18.2 Å². The summed E-state index contributed by atoms with van der Waals surface area (Å²) in [4.78, 5) is 0. The van der Waals surface area contributed by atoms with Crippen LogP contribution in [0.25, 0.3) is 0 Å². The normalized spacial score (nSPS) is 16.1. The van der Waals surface area contributed by atoms with Crippen LogP contribution in [-0.4, -0.2) is 26.3 Å². The monoisotopic (exact) mass is 257 g/mol. The molecular formula is C10H12BrNO2. The Morgan fingerprint density at radius 2 is 2.14 bits per heavy atom. The number of rotatable bonds is 3. The van der Waals surface area contributed by atoms with Gasteiger partial charge < -0.3 is 14.8 Å². The first-order valence-corrected chi connectivity index (χ1v) is 5.30. The molecule has 0 unspecified atom stereocenters. The lowest BCUT2D eigenvalue weighted by Gasteiger charge is -2.28. The Hall–Kier alpha value is -0.740. The van der Waals surface area contributed by atoms with Crippen molar-refractivity contribution in [2.75, 3.05) is 20.2 Å². The average molecular weight is 258 g/mol. The number of hydrogen-bond donors (Lipinski definition) is 1. The zero-order valence-electron chi connectivity index (χ0n) is 7.92. The molecule has 0 bridgehead atoms. The van der Waals surface area contributed by atoms with Gasteiger partial charge in [0.25, 0.3) is 0 Å². The number of benzene rings is 1. The fourth-order valence-electron chi connectivity index (χ4n) is 1.26. The number of halogens is 1. The molecule has 0 radical (unpaired) electrons. The van der Waals surface area contributed by atoms with Crippen LogP contribution in [0.2, 0.25) is 0 Å². The maximum atomic E-state index is 5.72. The summed E-state index contributed by atoms with van der Waals surface area (Å²) in [6.07, 6.45) is 0.282. The summed E-state index contributed by atoms with van der Waals surface area (Å²) >= 11 is 3.39. The van der Waals surface area contributed by atoms with Crippen LogP contribution in [0.5, 0.6) is 11.5 Å². The summed E-state index contributed by atoms with van der Waals surface area (Å²) in [5.41, 5.74) is 0. The van der Waals surface area contributed by atoms with Crippen molar-refractivity contribution in [1.82, 2.24) is 5.32 Å². The molecule has 1 fully saturated rings. The van der Waals surface area contributed by atoms with Crippen LogP contribution in [0.1, 0.15) is 0 Å². The highest BCUT2D eigenvalue weighted by Gasteiger charge is 2.19. The first-order chi connectivity index (χ1) is 6.79. The standard InChI is InChI=1S/C10H12BrNO2/c1-13-10-4-7(11)2-3-9(10)14-8-5-12-6-8/h2-4,8,12H,5-6H2,1H3. The van der Waals surface area contributed by atoms with Crippen molar-refractivity contribution in [2.24, 2.45) is 0 Å². The maximum absolute atomic E-state index is 5.72. The minimum atomic E-state index is 0.282. The van der Waals surface area contributed by atoms with Crippen molar-refractivity contribution in [1.29, 1.82) is 0 Å². The molecule has 0 amide bonds. The molecule has 1 aromatic carbocycles. The predicted molar refractivity (Wildman–Crippen MR) is 58.0 cm³/mol. The van der Waals surface area contributed by atoms with Crippen LogP contribution >= 0.6 is 15.9 Å². The van der Waals surface area contributed by atoms with Crippen molar-refractivity contribution < 1.29 is 9.47 Å². The summed E-state index contributed by atoms with van der Waals surface area (Å²) in [5.74, 6) is 1.58. The summed E-state index contributed by atoms with van der Waals surface area (Å²) in [6.45, 7) is 1.83. The lowest BCUT2D eigenvalue weighted by molar-refractivity contribution is 0.137. The number of methoxy groups -OCH3 is 1. The zero-order valence-corrected chi connectivity index (χ0v) is 9.50. The van der Waals surface area contributed by atoms with E-state index in [9.17, 15) is 0 Å². The lowest BCUT2D eigenvalue weighted by atomic mass is 10.2. The fourth-order valence-corrected chi connectivity index (χ4v) is 1.60. The second-order valence-electron chi connectivity index (χ2n) is 3.19. The third kappa shape index (κ3) is 2.01. The van der Waals surface area contributed by atoms with Gasteiger partial charge in [-0.15, -0.1) is 0 Å². The van der Waals surface area contributed by atoms with E-state index in [4.69, 9.17) is 9.47 Å². The van der Waals surface area contributed by atoms with E-state index < -0.39 is 0 Å². The van der Waals surface area contributed by atoms with Gasteiger partial charge in [-0.1, -0.05) is 15.9 Å². The van der Waals surface area contributed by atoms with Gasteiger partial charge in [0, 0.05) is 17.6 Å². The molecule has 1 aliphatic heterocycles. The van der Waals surface area contributed by atoms with E-state index in [0.717, 1.165) is 29.1 Å². The molecule has 1 aliphatic rings. The smallest absolute Gasteiger partial charge is 0.161 e. The highest BCUT2D eigenvalue weighted by Crippen LogP contribution is 2.31. The Morgan fingerprint density at radius 1 is 1.36 bits per heavy atom. The van der Waals surface area contributed by atoms with Gasteiger partial charge in [0.15, 0.2) is 11.5 Å². The molecule has 0 atom stereocenters. The van der Waals surface area contributed by atoms with E-state index in [-0.39, 0.29) is 6.10 Å². The van der Waals surface area contributed by atoms with Gasteiger partial charge in [-0.25, -0.2) is 0 Å². The largest absolute Gasteiger partial charge is 0.493 e. The number of ether oxygens (including phenoxy) is 2. The van der Waals surface area contributed by atoms with Gasteiger partial charge in [-0.3, -0.25) is 0 Å². The molecule has 1 N–H and O–H groups in total. The SMILES string of the molecule is COc1cc(Br)ccc1OC1CNC1. The first kappa shape index (κ1) is 9.80. The van der Waals surface area contributed by atoms with Crippen LogP contribution in [0.4, 0.5) is 0 Å². The molecule has 0 aromatic heterocycles. The molecule has 1 heterocycles. The average Bonchev–Trinajstić information content (AvgIpc) is 2.13. The van der Waals surface area contributed by atoms with Crippen molar-refractivity contribution in [2.45, 2.75) is 6.10 Å². The van der Waals surface area contributed by atoms with Crippen LogP contribution in [-0.2, 0) is 0 Å². The Labute approximate surface area is 91.5 Å². The summed E-state index contributed by atoms with van der Waals surface area (Å²) in [7, 11) is 1.65. The maximum Gasteiger partial charge on any atom is 0.161 e. The highest BCUT2D eigenvalue weighted by molar-refractivity contribution is 9.10. The lowest BCUT2D eigenvalue weighted by Crippen LogP contribution is -2.50. The second-order valence-corrected chi connectivity index (χ2v) is 4.11. The third-order valence-electron chi connectivity index (χ3n) is 2.16. The van der Waals surface area contributed by atoms with E-state index in [1.165, 1.54) is 0 Å². The number of hydrogen-bond acceptors (Lipinski definition) is 3. The van der Waals surface area contributed by atoms with Crippen molar-refractivity contribution >= 4 is 15.9 Å². The topological polar surface area (TPSA) is 30.5 Å². The van der Waals surface area contributed by atoms with E-state index in [1.807, 2.05) is 18.2 Å². The first-order valence-electron chi connectivity index (χ1n) is 4.50. The minimum absolute atomic E-state index is 0.282. The fraction of sp³-hybridized carbons (Fsp3) is 0.400. The molecule has 1 aromatic rings. The van der Waals surface area contributed by atoms with Crippen LogP contribution in [0.15, 0.2) is 22.7 Å². The van der Waals surface area contributed by atoms with Crippen LogP contribution < -0.4 is 14.8 Å². The predicted octanol–water partition coefficient (Wildman–Crippen LogP) is 1.81. The number of nitrogens with one attached hydrogen (secondary N) is 1. The molecule has 0 spiro atoms. The summed E-state index contributed by atoms with van der Waals surface area (Å²) in [6, 6.07) is 5.77. The molecule has 3 nitrogen and oxygen atoms in total. The van der Waals surface area contributed by atoms with Crippen molar-refractivity contribution in [3.63, 3.8) is 0 Å². The third-order valence-corrected chi connectivity index (χ3v) is 2.66. The molecule has 4 heteroatoms. The van der Waals surface area contributed by atoms with Gasteiger partial charge in [0.2, 0.25) is 0 Å². The minimum Gasteiger partial charge on any atom is -0.493 e. The van der Waals surface area contributed by atoms with E-state index in [2.05, 4.69) is 21.2 Å². The summed E-state index contributed by atoms with van der Waals surface area (Å²) in [5, 5.41) is 3.16. The van der Waals surface area contributed by atoms with Crippen molar-refractivity contribution in [3.8, 4) is 11.5 Å². The Balaban J connectivity index is 2.14. The highest BCUT2D eigenvalue weighted by atomic mass is 79.9. The zero-order chi connectivity index (χ0) is 9.97. The molecule has 2 rings (SSSR count). The Bertz CT molecular complexity index is 326. The van der Waals surface area contributed by atoms with Crippen LogP contribution in [0, 0.1) is 0 Å².